The highest BCUT2D eigenvalue weighted by molar-refractivity contribution is 7.92. The molecule has 112 valence electrons. The van der Waals surface area contributed by atoms with Gasteiger partial charge in [0.05, 0.1) is 12.2 Å². The van der Waals surface area contributed by atoms with Crippen LogP contribution in [-0.4, -0.2) is 30.8 Å². The molecular formula is C13H14ClN3O3S. The van der Waals surface area contributed by atoms with Crippen molar-refractivity contribution >= 4 is 27.3 Å². The van der Waals surface area contributed by atoms with Gasteiger partial charge in [-0.05, 0) is 31.2 Å². The van der Waals surface area contributed by atoms with Crippen molar-refractivity contribution in [1.29, 1.82) is 0 Å². The summed E-state index contributed by atoms with van der Waals surface area (Å²) in [5.74, 6) is 0.498. The van der Waals surface area contributed by atoms with E-state index in [0.29, 0.717) is 16.5 Å². The zero-order valence-electron chi connectivity index (χ0n) is 11.5. The van der Waals surface area contributed by atoms with Crippen LogP contribution in [0.15, 0.2) is 35.5 Å². The summed E-state index contributed by atoms with van der Waals surface area (Å²) in [6.45, 7) is 2.03. The molecule has 2 heterocycles. The monoisotopic (exact) mass is 327 g/mol. The van der Waals surface area contributed by atoms with E-state index in [1.165, 1.54) is 15.1 Å². The Balaban J connectivity index is 2.13. The predicted octanol–water partition coefficient (Wildman–Crippen LogP) is 2.05. The molecule has 21 heavy (non-hydrogen) atoms. The standard InChI is InChI=1S/C13H14ClN3O3S/c1-9-8-17(11-7-10(14)3-4-12(11)20-9)21(18,19)13-5-6-16(2)15-13/h3-7,9H,8H2,1-2H3. The summed E-state index contributed by atoms with van der Waals surface area (Å²) in [7, 11) is -2.07. The average molecular weight is 328 g/mol. The molecule has 1 aliphatic rings. The van der Waals surface area contributed by atoms with E-state index in [1.54, 1.807) is 31.4 Å². The van der Waals surface area contributed by atoms with Crippen LogP contribution < -0.4 is 9.04 Å². The predicted molar refractivity (Wildman–Crippen MR) is 79.3 cm³/mol. The van der Waals surface area contributed by atoms with Gasteiger partial charge in [-0.1, -0.05) is 11.6 Å². The lowest BCUT2D eigenvalue weighted by Gasteiger charge is -2.33. The summed E-state index contributed by atoms with van der Waals surface area (Å²) in [5, 5.41) is 4.45. The molecule has 8 heteroatoms. The molecule has 0 saturated heterocycles. The summed E-state index contributed by atoms with van der Waals surface area (Å²) in [4.78, 5) is 0. The number of aryl methyl sites for hydroxylation is 1. The van der Waals surface area contributed by atoms with E-state index in [0.717, 1.165) is 0 Å². The van der Waals surface area contributed by atoms with Crippen LogP contribution in [0.1, 0.15) is 6.92 Å². The number of nitrogens with zero attached hydrogens (tertiary/aromatic N) is 3. The Morgan fingerprint density at radius 2 is 2.14 bits per heavy atom. The molecule has 2 aromatic rings. The molecule has 0 saturated carbocycles. The van der Waals surface area contributed by atoms with E-state index in [9.17, 15) is 8.42 Å². The first-order valence-corrected chi connectivity index (χ1v) is 8.18. The van der Waals surface area contributed by atoms with Crippen LogP contribution >= 0.6 is 11.6 Å². The molecule has 0 N–H and O–H groups in total. The number of hydrogen-bond donors (Lipinski definition) is 0. The number of halogens is 1. The van der Waals surface area contributed by atoms with E-state index in [4.69, 9.17) is 16.3 Å². The molecule has 0 aliphatic carbocycles. The summed E-state index contributed by atoms with van der Waals surface area (Å²) in [6.07, 6.45) is 1.34. The SMILES string of the molecule is CC1CN(S(=O)(=O)c2ccn(C)n2)c2cc(Cl)ccc2O1. The molecule has 1 aromatic carbocycles. The van der Waals surface area contributed by atoms with Crippen molar-refractivity contribution in [1.82, 2.24) is 9.78 Å². The minimum absolute atomic E-state index is 0.00465. The first-order valence-electron chi connectivity index (χ1n) is 6.36. The van der Waals surface area contributed by atoms with Crippen molar-refractivity contribution in [2.75, 3.05) is 10.8 Å². The highest BCUT2D eigenvalue weighted by Gasteiger charge is 2.34. The molecule has 0 radical (unpaired) electrons. The van der Waals surface area contributed by atoms with E-state index in [1.807, 2.05) is 6.92 Å². The lowest BCUT2D eigenvalue weighted by molar-refractivity contribution is 0.219. The zero-order chi connectivity index (χ0) is 15.2. The Kier molecular flexibility index (Phi) is 3.33. The number of ether oxygens (including phenoxy) is 1. The minimum atomic E-state index is -3.74. The van der Waals surface area contributed by atoms with Gasteiger partial charge in [0.1, 0.15) is 11.9 Å². The highest BCUT2D eigenvalue weighted by atomic mass is 35.5. The third-order valence-corrected chi connectivity index (χ3v) is 5.09. The van der Waals surface area contributed by atoms with Crippen molar-refractivity contribution < 1.29 is 13.2 Å². The van der Waals surface area contributed by atoms with Crippen molar-refractivity contribution in [3.63, 3.8) is 0 Å². The molecule has 0 spiro atoms. The number of benzene rings is 1. The van der Waals surface area contributed by atoms with Gasteiger partial charge in [0, 0.05) is 18.3 Å². The second-order valence-corrected chi connectivity index (χ2v) is 7.15. The second kappa shape index (κ2) is 4.92. The molecule has 0 amide bonds. The molecule has 1 unspecified atom stereocenters. The fraction of sp³-hybridized carbons (Fsp3) is 0.308. The number of fused-ring (bicyclic) bond motifs is 1. The summed E-state index contributed by atoms with van der Waals surface area (Å²) >= 11 is 5.98. The average Bonchev–Trinajstić information content (AvgIpc) is 2.86. The third kappa shape index (κ3) is 2.47. The first-order chi connectivity index (χ1) is 9.88. The molecule has 3 rings (SSSR count). The summed E-state index contributed by atoms with van der Waals surface area (Å²) < 4.78 is 34.0. The molecular weight excluding hydrogens is 314 g/mol. The normalized spacial score (nSPS) is 18.2. The van der Waals surface area contributed by atoms with E-state index < -0.39 is 10.0 Å². The molecule has 1 aromatic heterocycles. The van der Waals surface area contributed by atoms with Crippen molar-refractivity contribution in [3.05, 3.63) is 35.5 Å². The molecule has 1 aliphatic heterocycles. The van der Waals surface area contributed by atoms with Crippen LogP contribution in [0.5, 0.6) is 5.75 Å². The fourth-order valence-corrected chi connectivity index (χ4v) is 3.91. The second-order valence-electron chi connectivity index (χ2n) is 4.90. The van der Waals surface area contributed by atoms with Crippen LogP contribution in [0.4, 0.5) is 5.69 Å². The maximum Gasteiger partial charge on any atom is 0.283 e. The van der Waals surface area contributed by atoms with Gasteiger partial charge >= 0.3 is 0 Å². The van der Waals surface area contributed by atoms with Crippen molar-refractivity contribution in [2.45, 2.75) is 18.1 Å². The smallest absolute Gasteiger partial charge is 0.283 e. The van der Waals surface area contributed by atoms with Gasteiger partial charge in [-0.3, -0.25) is 8.99 Å². The largest absolute Gasteiger partial charge is 0.487 e. The zero-order valence-corrected chi connectivity index (χ0v) is 13.1. The molecule has 6 nitrogen and oxygen atoms in total. The fourth-order valence-electron chi connectivity index (χ4n) is 2.24. The quantitative estimate of drug-likeness (QED) is 0.847. The minimum Gasteiger partial charge on any atom is -0.487 e. The van der Waals surface area contributed by atoms with Gasteiger partial charge in [-0.25, -0.2) is 0 Å². The molecule has 1 atom stereocenters. The Hall–Kier alpha value is -1.73. The van der Waals surface area contributed by atoms with Crippen LogP contribution in [0.2, 0.25) is 5.02 Å². The van der Waals surface area contributed by atoms with Crippen LogP contribution in [0.3, 0.4) is 0 Å². The van der Waals surface area contributed by atoms with Gasteiger partial charge in [0.2, 0.25) is 0 Å². The highest BCUT2D eigenvalue weighted by Crippen LogP contribution is 2.38. The van der Waals surface area contributed by atoms with E-state index in [2.05, 4.69) is 5.10 Å². The third-order valence-electron chi connectivity index (χ3n) is 3.18. The Labute approximate surface area is 127 Å². The van der Waals surface area contributed by atoms with E-state index >= 15 is 0 Å². The molecule has 0 fully saturated rings. The number of anilines is 1. The molecule has 0 bridgehead atoms. The Bertz CT molecular complexity index is 788. The Morgan fingerprint density at radius 3 is 2.81 bits per heavy atom. The number of sulfonamides is 1. The number of aromatic nitrogens is 2. The lowest BCUT2D eigenvalue weighted by Crippen LogP contribution is -2.42. The van der Waals surface area contributed by atoms with Crippen molar-refractivity contribution in [3.8, 4) is 5.75 Å². The first kappa shape index (κ1) is 14.2. The lowest BCUT2D eigenvalue weighted by atomic mass is 10.2. The van der Waals surface area contributed by atoms with Gasteiger partial charge < -0.3 is 4.74 Å². The summed E-state index contributed by atoms with van der Waals surface area (Å²) in [5.41, 5.74) is 0.436. The van der Waals surface area contributed by atoms with Gasteiger partial charge in [0.25, 0.3) is 10.0 Å². The summed E-state index contributed by atoms with van der Waals surface area (Å²) in [6, 6.07) is 6.40. The number of rotatable bonds is 2. The maximum absolute atomic E-state index is 12.8. The topological polar surface area (TPSA) is 64.4 Å². The van der Waals surface area contributed by atoms with Gasteiger partial charge in [0.15, 0.2) is 5.03 Å². The maximum atomic E-state index is 12.8. The van der Waals surface area contributed by atoms with Crippen LogP contribution in [-0.2, 0) is 17.1 Å². The van der Waals surface area contributed by atoms with E-state index in [-0.39, 0.29) is 17.7 Å². The van der Waals surface area contributed by atoms with Crippen LogP contribution in [0.25, 0.3) is 0 Å². The van der Waals surface area contributed by atoms with Gasteiger partial charge in [-0.2, -0.15) is 13.5 Å². The Morgan fingerprint density at radius 1 is 1.38 bits per heavy atom. The van der Waals surface area contributed by atoms with Crippen LogP contribution in [0, 0.1) is 0 Å². The number of hydrogen-bond acceptors (Lipinski definition) is 4. The van der Waals surface area contributed by atoms with Gasteiger partial charge in [-0.15, -0.1) is 0 Å². The van der Waals surface area contributed by atoms with Crippen molar-refractivity contribution in [2.24, 2.45) is 7.05 Å².